The van der Waals surface area contributed by atoms with Gasteiger partial charge in [-0.3, -0.25) is 0 Å². The van der Waals surface area contributed by atoms with E-state index in [4.69, 9.17) is 4.74 Å². The zero-order valence-corrected chi connectivity index (χ0v) is 12.4. The average Bonchev–Trinajstić information content (AvgIpc) is 2.28. The molecule has 1 atom stereocenters. The molecule has 0 unspecified atom stereocenters. The molecule has 0 aliphatic heterocycles. The number of carbonyl (C=O) groups is 1. The van der Waals surface area contributed by atoms with E-state index >= 15 is 0 Å². The van der Waals surface area contributed by atoms with Crippen LogP contribution in [0, 0.1) is 0 Å². The zero-order chi connectivity index (χ0) is 12.2. The minimum Gasteiger partial charge on any atom is -0.455 e. The second kappa shape index (κ2) is 5.82. The van der Waals surface area contributed by atoms with Crippen molar-refractivity contribution in [1.29, 1.82) is 0 Å². The van der Waals surface area contributed by atoms with Crippen molar-refractivity contribution in [2.75, 3.05) is 5.33 Å². The Morgan fingerprint density at radius 3 is 2.44 bits per heavy atom. The molecule has 0 saturated carbocycles. The summed E-state index contributed by atoms with van der Waals surface area (Å²) >= 11 is 6.83. The molecule has 0 N–H and O–H groups in total. The maximum atomic E-state index is 11.8. The molecular formula is C12H14Br2O2. The summed E-state index contributed by atoms with van der Waals surface area (Å²) in [6.07, 6.45) is 0. The first kappa shape index (κ1) is 13.7. The molecule has 2 nitrogen and oxygen atoms in total. The third-order valence-corrected chi connectivity index (χ3v) is 5.20. The summed E-state index contributed by atoms with van der Waals surface area (Å²) in [5.74, 6) is -0.295. The molecule has 0 bridgehead atoms. The SMILES string of the molecule is CC(C)(OC(=O)c1ccccc1)[C@@H](Br)CBr. The van der Waals surface area contributed by atoms with Gasteiger partial charge < -0.3 is 4.74 Å². The monoisotopic (exact) mass is 348 g/mol. The van der Waals surface area contributed by atoms with Gasteiger partial charge in [-0.15, -0.1) is 0 Å². The van der Waals surface area contributed by atoms with Gasteiger partial charge >= 0.3 is 5.97 Å². The van der Waals surface area contributed by atoms with Gasteiger partial charge in [0.25, 0.3) is 0 Å². The average molecular weight is 350 g/mol. The lowest BCUT2D eigenvalue weighted by atomic mass is 10.1. The molecule has 4 heteroatoms. The zero-order valence-electron chi connectivity index (χ0n) is 9.24. The molecular weight excluding hydrogens is 336 g/mol. The summed E-state index contributed by atoms with van der Waals surface area (Å²) in [5.41, 5.74) is 0.0287. The maximum Gasteiger partial charge on any atom is 0.338 e. The Bertz CT molecular complexity index is 349. The van der Waals surface area contributed by atoms with E-state index in [2.05, 4.69) is 31.9 Å². The van der Waals surface area contributed by atoms with E-state index < -0.39 is 5.60 Å². The fraction of sp³-hybridized carbons (Fsp3) is 0.417. The molecule has 0 saturated heterocycles. The summed E-state index contributed by atoms with van der Waals surface area (Å²) in [4.78, 5) is 11.9. The molecule has 88 valence electrons. The summed E-state index contributed by atoms with van der Waals surface area (Å²) < 4.78 is 5.46. The van der Waals surface area contributed by atoms with Crippen molar-refractivity contribution in [3.63, 3.8) is 0 Å². The van der Waals surface area contributed by atoms with Gasteiger partial charge in [0.05, 0.1) is 10.4 Å². The third-order valence-electron chi connectivity index (χ3n) is 2.26. The van der Waals surface area contributed by atoms with Crippen LogP contribution in [0.3, 0.4) is 0 Å². The number of rotatable bonds is 4. The van der Waals surface area contributed by atoms with E-state index in [1.165, 1.54) is 0 Å². The van der Waals surface area contributed by atoms with Gasteiger partial charge in [0.2, 0.25) is 0 Å². The number of halogens is 2. The quantitative estimate of drug-likeness (QED) is 0.610. The first-order chi connectivity index (χ1) is 7.47. The fourth-order valence-corrected chi connectivity index (χ4v) is 1.99. The Balaban J connectivity index is 2.72. The van der Waals surface area contributed by atoms with Gasteiger partial charge in [0.15, 0.2) is 0 Å². The van der Waals surface area contributed by atoms with Crippen molar-refractivity contribution in [1.82, 2.24) is 0 Å². The van der Waals surface area contributed by atoms with E-state index in [-0.39, 0.29) is 10.8 Å². The molecule has 1 rings (SSSR count). The molecule has 16 heavy (non-hydrogen) atoms. The molecule has 1 aromatic rings. The van der Waals surface area contributed by atoms with Crippen molar-refractivity contribution in [2.24, 2.45) is 0 Å². The Hall–Kier alpha value is -0.350. The van der Waals surface area contributed by atoms with Gasteiger partial charge in [-0.05, 0) is 26.0 Å². The normalized spacial score (nSPS) is 13.2. The molecule has 1 aromatic carbocycles. The Morgan fingerprint density at radius 1 is 1.38 bits per heavy atom. The van der Waals surface area contributed by atoms with Crippen LogP contribution in [0.4, 0.5) is 0 Å². The summed E-state index contributed by atoms with van der Waals surface area (Å²) in [6.45, 7) is 3.77. The first-order valence-corrected chi connectivity index (χ1v) is 6.99. The number of hydrogen-bond acceptors (Lipinski definition) is 2. The predicted molar refractivity (Wildman–Crippen MR) is 72.4 cm³/mol. The van der Waals surface area contributed by atoms with Crippen LogP contribution in [0.1, 0.15) is 24.2 Å². The Kier molecular flexibility index (Phi) is 4.99. The maximum absolute atomic E-state index is 11.8. The van der Waals surface area contributed by atoms with Gasteiger partial charge in [0.1, 0.15) is 5.60 Å². The van der Waals surface area contributed by atoms with E-state index in [1.54, 1.807) is 12.1 Å². The van der Waals surface area contributed by atoms with Crippen LogP contribution in [0.2, 0.25) is 0 Å². The summed E-state index contributed by atoms with van der Waals surface area (Å²) in [5, 5.41) is 0.724. The van der Waals surface area contributed by atoms with Crippen LogP contribution in [0.25, 0.3) is 0 Å². The second-order valence-electron chi connectivity index (χ2n) is 3.98. The lowest BCUT2D eigenvalue weighted by molar-refractivity contribution is 0.00126. The lowest BCUT2D eigenvalue weighted by Gasteiger charge is -2.29. The van der Waals surface area contributed by atoms with Crippen LogP contribution in [-0.4, -0.2) is 21.7 Å². The Morgan fingerprint density at radius 2 is 1.94 bits per heavy atom. The van der Waals surface area contributed by atoms with Gasteiger partial charge in [0, 0.05) is 5.33 Å². The molecule has 0 fully saturated rings. The number of carbonyl (C=O) groups excluding carboxylic acids is 1. The highest BCUT2D eigenvalue weighted by molar-refractivity contribution is 9.12. The van der Waals surface area contributed by atoms with Crippen molar-refractivity contribution in [3.8, 4) is 0 Å². The second-order valence-corrected chi connectivity index (χ2v) is 5.73. The third kappa shape index (κ3) is 3.59. The van der Waals surface area contributed by atoms with Crippen LogP contribution < -0.4 is 0 Å². The molecule has 0 heterocycles. The number of esters is 1. The van der Waals surface area contributed by atoms with Crippen LogP contribution in [0.15, 0.2) is 30.3 Å². The molecule has 0 radical (unpaired) electrons. The minimum atomic E-state index is -0.545. The van der Waals surface area contributed by atoms with Crippen LogP contribution in [0.5, 0.6) is 0 Å². The van der Waals surface area contributed by atoms with Gasteiger partial charge in [-0.2, -0.15) is 0 Å². The molecule has 0 amide bonds. The van der Waals surface area contributed by atoms with Crippen LogP contribution in [-0.2, 0) is 4.74 Å². The highest BCUT2D eigenvalue weighted by atomic mass is 79.9. The van der Waals surface area contributed by atoms with E-state index in [9.17, 15) is 4.79 Å². The standard InChI is InChI=1S/C12H14Br2O2/c1-12(2,10(14)8-13)16-11(15)9-6-4-3-5-7-9/h3-7,10H,8H2,1-2H3/t10-/m0/s1. The number of alkyl halides is 2. The summed E-state index contributed by atoms with van der Waals surface area (Å²) in [6, 6.07) is 9.00. The topological polar surface area (TPSA) is 26.3 Å². The largest absolute Gasteiger partial charge is 0.455 e. The van der Waals surface area contributed by atoms with Gasteiger partial charge in [-0.1, -0.05) is 50.1 Å². The highest BCUT2D eigenvalue weighted by Gasteiger charge is 2.31. The van der Waals surface area contributed by atoms with Crippen LogP contribution >= 0.6 is 31.9 Å². The first-order valence-electron chi connectivity index (χ1n) is 4.96. The van der Waals surface area contributed by atoms with E-state index in [0.29, 0.717) is 5.56 Å². The number of benzene rings is 1. The lowest BCUT2D eigenvalue weighted by Crippen LogP contribution is -2.38. The Labute approximate surface area is 113 Å². The minimum absolute atomic E-state index is 0.0765. The van der Waals surface area contributed by atoms with Gasteiger partial charge in [-0.25, -0.2) is 4.79 Å². The van der Waals surface area contributed by atoms with E-state index in [1.807, 2.05) is 32.0 Å². The van der Waals surface area contributed by atoms with Crippen molar-refractivity contribution >= 4 is 37.8 Å². The van der Waals surface area contributed by atoms with Crippen molar-refractivity contribution < 1.29 is 9.53 Å². The molecule has 0 aromatic heterocycles. The number of hydrogen-bond donors (Lipinski definition) is 0. The summed E-state index contributed by atoms with van der Waals surface area (Å²) in [7, 11) is 0. The fourth-order valence-electron chi connectivity index (χ4n) is 1.12. The van der Waals surface area contributed by atoms with Crippen molar-refractivity contribution in [3.05, 3.63) is 35.9 Å². The molecule has 0 aliphatic carbocycles. The molecule has 0 aliphatic rings. The molecule has 0 spiro atoms. The predicted octanol–water partition coefficient (Wildman–Crippen LogP) is 3.78. The van der Waals surface area contributed by atoms with E-state index in [0.717, 1.165) is 5.33 Å². The van der Waals surface area contributed by atoms with Crippen molar-refractivity contribution in [2.45, 2.75) is 24.3 Å². The smallest absolute Gasteiger partial charge is 0.338 e. The highest BCUT2D eigenvalue weighted by Crippen LogP contribution is 2.24. The number of ether oxygens (including phenoxy) is 1.